The van der Waals surface area contributed by atoms with Gasteiger partial charge < -0.3 is 15.4 Å². The SMILES string of the molecule is COc1cccc(CC(N)CN2CCCC2)c1. The zero-order valence-corrected chi connectivity index (χ0v) is 10.6. The number of nitrogens with two attached hydrogens (primary N) is 1. The molecule has 0 radical (unpaired) electrons. The van der Waals surface area contributed by atoms with Crippen LogP contribution in [0.5, 0.6) is 5.75 Å². The van der Waals surface area contributed by atoms with Crippen LogP contribution in [-0.4, -0.2) is 37.7 Å². The first kappa shape index (κ1) is 12.4. The quantitative estimate of drug-likeness (QED) is 0.842. The summed E-state index contributed by atoms with van der Waals surface area (Å²) in [4.78, 5) is 2.46. The van der Waals surface area contributed by atoms with E-state index in [1.807, 2.05) is 12.1 Å². The molecule has 17 heavy (non-hydrogen) atoms. The summed E-state index contributed by atoms with van der Waals surface area (Å²) in [6, 6.07) is 8.41. The van der Waals surface area contributed by atoms with Crippen LogP contribution < -0.4 is 10.5 Å². The summed E-state index contributed by atoms with van der Waals surface area (Å²) in [6.45, 7) is 3.44. The molecular weight excluding hydrogens is 212 g/mol. The maximum absolute atomic E-state index is 6.19. The van der Waals surface area contributed by atoms with Crippen LogP contribution in [0.15, 0.2) is 24.3 Å². The van der Waals surface area contributed by atoms with Gasteiger partial charge in [-0.05, 0) is 50.0 Å². The van der Waals surface area contributed by atoms with Crippen LogP contribution in [0.25, 0.3) is 0 Å². The van der Waals surface area contributed by atoms with Crippen molar-refractivity contribution < 1.29 is 4.74 Å². The molecule has 0 saturated carbocycles. The van der Waals surface area contributed by atoms with Gasteiger partial charge in [0.2, 0.25) is 0 Å². The largest absolute Gasteiger partial charge is 0.497 e. The van der Waals surface area contributed by atoms with Crippen molar-refractivity contribution in [3.8, 4) is 5.75 Å². The number of methoxy groups -OCH3 is 1. The Kier molecular flexibility index (Phi) is 4.40. The summed E-state index contributed by atoms with van der Waals surface area (Å²) in [7, 11) is 1.70. The lowest BCUT2D eigenvalue weighted by Gasteiger charge is -2.20. The van der Waals surface area contributed by atoms with E-state index in [2.05, 4.69) is 17.0 Å². The highest BCUT2D eigenvalue weighted by Crippen LogP contribution is 2.14. The van der Waals surface area contributed by atoms with Crippen LogP contribution in [-0.2, 0) is 6.42 Å². The molecule has 1 heterocycles. The summed E-state index contributed by atoms with van der Waals surface area (Å²) in [5.74, 6) is 0.913. The third kappa shape index (κ3) is 3.72. The Hall–Kier alpha value is -1.06. The first-order chi connectivity index (χ1) is 8.28. The molecule has 0 spiro atoms. The van der Waals surface area contributed by atoms with Gasteiger partial charge in [0.15, 0.2) is 0 Å². The summed E-state index contributed by atoms with van der Waals surface area (Å²) < 4.78 is 5.22. The molecule has 1 unspecified atom stereocenters. The van der Waals surface area contributed by atoms with Crippen molar-refractivity contribution in [2.45, 2.75) is 25.3 Å². The fourth-order valence-corrected chi connectivity index (χ4v) is 2.46. The summed E-state index contributed by atoms with van der Waals surface area (Å²) >= 11 is 0. The van der Waals surface area contributed by atoms with E-state index in [0.29, 0.717) is 0 Å². The predicted octanol–water partition coefficient (Wildman–Crippen LogP) is 1.66. The lowest BCUT2D eigenvalue weighted by molar-refractivity contribution is 0.313. The maximum atomic E-state index is 6.19. The van der Waals surface area contributed by atoms with E-state index in [1.54, 1.807) is 7.11 Å². The van der Waals surface area contributed by atoms with Gasteiger partial charge in [-0.2, -0.15) is 0 Å². The minimum Gasteiger partial charge on any atom is -0.497 e. The van der Waals surface area contributed by atoms with Gasteiger partial charge in [0.1, 0.15) is 5.75 Å². The Morgan fingerprint density at radius 2 is 2.12 bits per heavy atom. The van der Waals surface area contributed by atoms with Crippen molar-refractivity contribution >= 4 is 0 Å². The number of rotatable bonds is 5. The Bertz CT molecular complexity index is 348. The summed E-state index contributed by atoms with van der Waals surface area (Å²) in [5.41, 5.74) is 7.45. The Morgan fingerprint density at radius 3 is 2.82 bits per heavy atom. The number of nitrogens with zero attached hydrogens (tertiary/aromatic N) is 1. The zero-order chi connectivity index (χ0) is 12.1. The van der Waals surface area contributed by atoms with Crippen LogP contribution in [0, 0.1) is 0 Å². The fraction of sp³-hybridized carbons (Fsp3) is 0.571. The van der Waals surface area contributed by atoms with Gasteiger partial charge in [-0.1, -0.05) is 12.1 Å². The van der Waals surface area contributed by atoms with Crippen molar-refractivity contribution in [3.05, 3.63) is 29.8 Å². The third-order valence-electron chi connectivity index (χ3n) is 3.32. The van der Waals surface area contributed by atoms with E-state index in [-0.39, 0.29) is 6.04 Å². The maximum Gasteiger partial charge on any atom is 0.119 e. The van der Waals surface area contributed by atoms with Gasteiger partial charge >= 0.3 is 0 Å². The summed E-state index contributed by atoms with van der Waals surface area (Å²) in [5, 5.41) is 0. The Balaban J connectivity index is 1.85. The standard InChI is InChI=1S/C14H22N2O/c1-17-14-6-4-5-12(10-14)9-13(15)11-16-7-2-3-8-16/h4-6,10,13H,2-3,7-9,11,15H2,1H3. The average Bonchev–Trinajstić information content (AvgIpc) is 2.82. The molecule has 0 aromatic heterocycles. The Morgan fingerprint density at radius 1 is 1.35 bits per heavy atom. The first-order valence-electron chi connectivity index (χ1n) is 6.39. The third-order valence-corrected chi connectivity index (χ3v) is 3.32. The average molecular weight is 234 g/mol. The minimum atomic E-state index is 0.222. The highest BCUT2D eigenvalue weighted by Gasteiger charge is 2.15. The molecule has 0 amide bonds. The molecule has 1 aromatic rings. The minimum absolute atomic E-state index is 0.222. The van der Waals surface area contributed by atoms with E-state index in [1.165, 1.54) is 31.5 Å². The number of hydrogen-bond acceptors (Lipinski definition) is 3. The van der Waals surface area contributed by atoms with Crippen LogP contribution in [0.1, 0.15) is 18.4 Å². The van der Waals surface area contributed by atoms with Crippen LogP contribution in [0.3, 0.4) is 0 Å². The van der Waals surface area contributed by atoms with E-state index in [9.17, 15) is 0 Å². The zero-order valence-electron chi connectivity index (χ0n) is 10.6. The summed E-state index contributed by atoms with van der Waals surface area (Å²) in [6.07, 6.45) is 3.57. The first-order valence-corrected chi connectivity index (χ1v) is 6.39. The number of likely N-dealkylation sites (tertiary alicyclic amines) is 1. The van der Waals surface area contributed by atoms with Gasteiger partial charge in [0, 0.05) is 12.6 Å². The Labute approximate surface area is 104 Å². The van der Waals surface area contributed by atoms with E-state index < -0.39 is 0 Å². The van der Waals surface area contributed by atoms with E-state index in [0.717, 1.165) is 18.7 Å². The second kappa shape index (κ2) is 6.03. The van der Waals surface area contributed by atoms with E-state index in [4.69, 9.17) is 10.5 Å². The second-order valence-corrected chi connectivity index (χ2v) is 4.82. The molecule has 3 nitrogen and oxygen atoms in total. The molecular formula is C14H22N2O. The molecule has 3 heteroatoms. The van der Waals surface area contributed by atoms with Gasteiger partial charge in [-0.15, -0.1) is 0 Å². The molecule has 0 bridgehead atoms. The predicted molar refractivity (Wildman–Crippen MR) is 70.3 cm³/mol. The van der Waals surface area contributed by atoms with Gasteiger partial charge in [0.25, 0.3) is 0 Å². The number of hydrogen-bond donors (Lipinski definition) is 1. The molecule has 1 atom stereocenters. The van der Waals surface area contributed by atoms with Gasteiger partial charge in [-0.3, -0.25) is 0 Å². The monoisotopic (exact) mass is 234 g/mol. The van der Waals surface area contributed by atoms with Crippen LogP contribution >= 0.6 is 0 Å². The van der Waals surface area contributed by atoms with Crippen LogP contribution in [0.4, 0.5) is 0 Å². The second-order valence-electron chi connectivity index (χ2n) is 4.82. The van der Waals surface area contributed by atoms with Gasteiger partial charge in [0.05, 0.1) is 7.11 Å². The molecule has 1 aliphatic heterocycles. The molecule has 2 N–H and O–H groups in total. The topological polar surface area (TPSA) is 38.5 Å². The van der Waals surface area contributed by atoms with Crippen molar-refractivity contribution in [3.63, 3.8) is 0 Å². The van der Waals surface area contributed by atoms with Crippen molar-refractivity contribution in [1.29, 1.82) is 0 Å². The fourth-order valence-electron chi connectivity index (χ4n) is 2.46. The molecule has 1 saturated heterocycles. The molecule has 1 aromatic carbocycles. The lowest BCUT2D eigenvalue weighted by Crippen LogP contribution is -2.37. The number of benzene rings is 1. The van der Waals surface area contributed by atoms with Crippen molar-refractivity contribution in [2.75, 3.05) is 26.7 Å². The normalized spacial score (nSPS) is 18.2. The molecule has 0 aliphatic carbocycles. The van der Waals surface area contributed by atoms with Crippen molar-refractivity contribution in [1.82, 2.24) is 4.90 Å². The highest BCUT2D eigenvalue weighted by atomic mass is 16.5. The van der Waals surface area contributed by atoms with Gasteiger partial charge in [-0.25, -0.2) is 0 Å². The molecule has 1 fully saturated rings. The lowest BCUT2D eigenvalue weighted by atomic mass is 10.1. The molecule has 2 rings (SSSR count). The molecule has 94 valence electrons. The van der Waals surface area contributed by atoms with Crippen LogP contribution in [0.2, 0.25) is 0 Å². The van der Waals surface area contributed by atoms with Crippen molar-refractivity contribution in [2.24, 2.45) is 5.73 Å². The smallest absolute Gasteiger partial charge is 0.119 e. The highest BCUT2D eigenvalue weighted by molar-refractivity contribution is 5.28. The van der Waals surface area contributed by atoms with E-state index >= 15 is 0 Å². The molecule has 1 aliphatic rings. The number of ether oxygens (including phenoxy) is 1.